The molecule has 0 amide bonds. The zero-order valence-electron chi connectivity index (χ0n) is 8.34. The van der Waals surface area contributed by atoms with Crippen LogP contribution < -0.4 is 0 Å². The molecule has 1 N–H and O–H groups in total. The van der Waals surface area contributed by atoms with Gasteiger partial charge in [0.05, 0.1) is 12.7 Å². The molecule has 1 heterocycles. The van der Waals surface area contributed by atoms with Gasteiger partial charge in [0.15, 0.2) is 0 Å². The van der Waals surface area contributed by atoms with Crippen molar-refractivity contribution in [2.75, 3.05) is 13.2 Å². The zero-order chi connectivity index (χ0) is 9.19. The van der Waals surface area contributed by atoms with Crippen LogP contribution in [0.5, 0.6) is 0 Å². The average molecular weight is 172 g/mol. The predicted molar refractivity (Wildman–Crippen MR) is 49.0 cm³/mol. The van der Waals surface area contributed by atoms with Gasteiger partial charge in [0.1, 0.15) is 0 Å². The van der Waals surface area contributed by atoms with E-state index in [0.717, 1.165) is 26.1 Å². The van der Waals surface area contributed by atoms with E-state index in [2.05, 4.69) is 20.8 Å². The van der Waals surface area contributed by atoms with Crippen molar-refractivity contribution >= 4 is 0 Å². The number of aliphatic hydroxyl groups is 1. The number of aliphatic hydroxyl groups excluding tert-OH is 1. The smallest absolute Gasteiger partial charge is 0.0642 e. The first-order valence-corrected chi connectivity index (χ1v) is 4.83. The lowest BCUT2D eigenvalue weighted by Crippen LogP contribution is -2.35. The van der Waals surface area contributed by atoms with E-state index in [1.165, 1.54) is 0 Å². The lowest BCUT2D eigenvalue weighted by molar-refractivity contribution is -0.00419. The zero-order valence-corrected chi connectivity index (χ0v) is 8.34. The molecule has 0 spiro atoms. The molecule has 1 fully saturated rings. The molecule has 0 bridgehead atoms. The van der Waals surface area contributed by atoms with Gasteiger partial charge in [-0.25, -0.2) is 0 Å². The fourth-order valence-corrected chi connectivity index (χ4v) is 1.65. The molecular weight excluding hydrogens is 152 g/mol. The van der Waals surface area contributed by atoms with Crippen LogP contribution in [0, 0.1) is 11.3 Å². The van der Waals surface area contributed by atoms with Gasteiger partial charge in [-0.2, -0.15) is 0 Å². The molecule has 0 aromatic carbocycles. The van der Waals surface area contributed by atoms with Crippen LogP contribution >= 0.6 is 0 Å². The molecule has 72 valence electrons. The molecule has 0 radical (unpaired) electrons. The van der Waals surface area contributed by atoms with Crippen LogP contribution in [0.1, 0.15) is 33.6 Å². The first-order valence-electron chi connectivity index (χ1n) is 4.83. The highest BCUT2D eigenvalue weighted by Crippen LogP contribution is 2.32. The van der Waals surface area contributed by atoms with E-state index < -0.39 is 0 Å². The van der Waals surface area contributed by atoms with Gasteiger partial charge in [-0.15, -0.1) is 0 Å². The lowest BCUT2D eigenvalue weighted by Gasteiger charge is -2.32. The maximum Gasteiger partial charge on any atom is 0.0642 e. The number of ether oxygens (including phenoxy) is 1. The van der Waals surface area contributed by atoms with Gasteiger partial charge in [-0.3, -0.25) is 0 Å². The van der Waals surface area contributed by atoms with Crippen molar-refractivity contribution in [3.05, 3.63) is 0 Å². The van der Waals surface area contributed by atoms with Gasteiger partial charge in [0.2, 0.25) is 0 Å². The summed E-state index contributed by atoms with van der Waals surface area (Å²) in [6, 6.07) is 0. The van der Waals surface area contributed by atoms with Crippen molar-refractivity contribution in [1.29, 1.82) is 0 Å². The fourth-order valence-electron chi connectivity index (χ4n) is 1.65. The van der Waals surface area contributed by atoms with E-state index in [-0.39, 0.29) is 11.5 Å². The van der Waals surface area contributed by atoms with Crippen LogP contribution in [-0.4, -0.2) is 24.4 Å². The molecule has 2 atom stereocenters. The van der Waals surface area contributed by atoms with Gasteiger partial charge in [-0.05, 0) is 18.3 Å². The molecule has 2 heteroatoms. The summed E-state index contributed by atoms with van der Waals surface area (Å²) in [5.74, 6) is 0.361. The lowest BCUT2D eigenvalue weighted by atomic mass is 9.77. The SMILES string of the molecule is CCC(C)(C)C(O)C1CCOC1. The van der Waals surface area contributed by atoms with Crippen molar-refractivity contribution < 1.29 is 9.84 Å². The Balaban J connectivity index is 2.50. The van der Waals surface area contributed by atoms with E-state index in [1.54, 1.807) is 0 Å². The van der Waals surface area contributed by atoms with Gasteiger partial charge in [0.25, 0.3) is 0 Å². The van der Waals surface area contributed by atoms with E-state index in [9.17, 15) is 5.11 Å². The Kier molecular flexibility index (Phi) is 3.13. The Morgan fingerprint density at radius 3 is 2.67 bits per heavy atom. The Hall–Kier alpha value is -0.0800. The monoisotopic (exact) mass is 172 g/mol. The normalized spacial score (nSPS) is 27.5. The summed E-state index contributed by atoms with van der Waals surface area (Å²) in [6.45, 7) is 7.93. The molecule has 1 aliphatic rings. The highest BCUT2D eigenvalue weighted by atomic mass is 16.5. The summed E-state index contributed by atoms with van der Waals surface area (Å²) in [6.07, 6.45) is 1.83. The Labute approximate surface area is 74.9 Å². The van der Waals surface area contributed by atoms with Gasteiger partial charge in [-0.1, -0.05) is 20.8 Å². The molecule has 0 aromatic rings. The highest BCUT2D eigenvalue weighted by Gasteiger charge is 2.34. The summed E-state index contributed by atoms with van der Waals surface area (Å²) in [7, 11) is 0. The van der Waals surface area contributed by atoms with Crippen LogP contribution in [-0.2, 0) is 4.74 Å². The van der Waals surface area contributed by atoms with Crippen LogP contribution in [0.4, 0.5) is 0 Å². The fraction of sp³-hybridized carbons (Fsp3) is 1.00. The van der Waals surface area contributed by atoms with Crippen molar-refractivity contribution in [1.82, 2.24) is 0 Å². The third-order valence-corrected chi connectivity index (χ3v) is 3.12. The van der Waals surface area contributed by atoms with Crippen molar-refractivity contribution in [3.8, 4) is 0 Å². The Morgan fingerprint density at radius 1 is 1.58 bits per heavy atom. The topological polar surface area (TPSA) is 29.5 Å². The summed E-state index contributed by atoms with van der Waals surface area (Å²) in [5, 5.41) is 10.00. The molecule has 0 aromatic heterocycles. The van der Waals surface area contributed by atoms with Crippen LogP contribution in [0.25, 0.3) is 0 Å². The maximum atomic E-state index is 10.00. The first-order chi connectivity index (χ1) is 5.58. The molecule has 1 rings (SSSR count). The summed E-state index contributed by atoms with van der Waals surface area (Å²) < 4.78 is 5.26. The molecule has 2 nitrogen and oxygen atoms in total. The maximum absolute atomic E-state index is 10.00. The van der Waals surface area contributed by atoms with Crippen LogP contribution in [0.3, 0.4) is 0 Å². The standard InChI is InChI=1S/C10H20O2/c1-4-10(2,3)9(11)8-5-6-12-7-8/h8-9,11H,4-7H2,1-3H3. The molecule has 1 saturated heterocycles. The Bertz CT molecular complexity index is 137. The number of hydrogen-bond acceptors (Lipinski definition) is 2. The molecule has 2 unspecified atom stereocenters. The number of hydrogen-bond donors (Lipinski definition) is 1. The van der Waals surface area contributed by atoms with Crippen molar-refractivity contribution in [2.24, 2.45) is 11.3 Å². The van der Waals surface area contributed by atoms with Crippen molar-refractivity contribution in [2.45, 2.75) is 39.7 Å². The minimum absolute atomic E-state index is 0.0400. The van der Waals surface area contributed by atoms with Gasteiger partial charge < -0.3 is 9.84 Å². The Morgan fingerprint density at radius 2 is 2.25 bits per heavy atom. The predicted octanol–water partition coefficient (Wildman–Crippen LogP) is 1.82. The van der Waals surface area contributed by atoms with E-state index in [0.29, 0.717) is 5.92 Å². The van der Waals surface area contributed by atoms with Crippen LogP contribution in [0.15, 0.2) is 0 Å². The third-order valence-electron chi connectivity index (χ3n) is 3.12. The van der Waals surface area contributed by atoms with Crippen LogP contribution in [0.2, 0.25) is 0 Å². The van der Waals surface area contributed by atoms with E-state index in [1.807, 2.05) is 0 Å². The number of rotatable bonds is 3. The summed E-state index contributed by atoms with van der Waals surface area (Å²) in [4.78, 5) is 0. The summed E-state index contributed by atoms with van der Waals surface area (Å²) >= 11 is 0. The molecule has 0 saturated carbocycles. The second-order valence-corrected chi connectivity index (χ2v) is 4.41. The van der Waals surface area contributed by atoms with E-state index in [4.69, 9.17) is 4.74 Å². The minimum atomic E-state index is -0.204. The quantitative estimate of drug-likeness (QED) is 0.703. The minimum Gasteiger partial charge on any atom is -0.392 e. The molecule has 1 aliphatic heterocycles. The van der Waals surface area contributed by atoms with Crippen molar-refractivity contribution in [3.63, 3.8) is 0 Å². The average Bonchev–Trinajstić information content (AvgIpc) is 2.55. The highest BCUT2D eigenvalue weighted by molar-refractivity contribution is 4.84. The first kappa shape index (κ1) is 10.0. The second kappa shape index (κ2) is 3.75. The largest absolute Gasteiger partial charge is 0.392 e. The summed E-state index contributed by atoms with van der Waals surface area (Å²) in [5.41, 5.74) is 0.0400. The third kappa shape index (κ3) is 1.99. The second-order valence-electron chi connectivity index (χ2n) is 4.41. The van der Waals surface area contributed by atoms with E-state index >= 15 is 0 Å². The van der Waals surface area contributed by atoms with Gasteiger partial charge >= 0.3 is 0 Å². The molecule has 0 aliphatic carbocycles. The molecule has 12 heavy (non-hydrogen) atoms. The molecular formula is C10H20O2. The van der Waals surface area contributed by atoms with Gasteiger partial charge in [0, 0.05) is 12.5 Å².